The van der Waals surface area contributed by atoms with Gasteiger partial charge in [0.1, 0.15) is 11.6 Å². The van der Waals surface area contributed by atoms with Gasteiger partial charge in [-0.2, -0.15) is 0 Å². The molecule has 0 saturated carbocycles. The Morgan fingerprint density at radius 1 is 0.517 bits per heavy atom. The number of benzene rings is 6. The van der Waals surface area contributed by atoms with E-state index in [0.717, 1.165) is 55.4 Å². The Kier molecular flexibility index (Phi) is 8.49. The molecule has 0 aliphatic carbocycles. The van der Waals surface area contributed by atoms with E-state index in [1.54, 1.807) is 0 Å². The van der Waals surface area contributed by atoms with E-state index in [-0.39, 0.29) is 39.6 Å². The zero-order valence-corrected chi connectivity index (χ0v) is 37.1. The smallest absolute Gasteiger partial charge is 0.149 e. The molecule has 0 atom stereocenters. The van der Waals surface area contributed by atoms with Crippen LogP contribution in [0.2, 0.25) is 0 Å². The Balaban J connectivity index is 1.50. The molecule has 0 radical (unpaired) electrons. The summed E-state index contributed by atoms with van der Waals surface area (Å²) in [4.78, 5) is 10.4. The molecular weight excluding hydrogens is 731 g/mol. The Bertz CT molecular complexity index is 3180. The zero-order valence-electron chi connectivity index (χ0n) is 42.1. The predicted molar refractivity (Wildman–Crippen MR) is 255 cm³/mol. The van der Waals surface area contributed by atoms with Crippen LogP contribution in [0.4, 0.5) is 0 Å². The Hall–Kier alpha value is -6.00. The van der Waals surface area contributed by atoms with Crippen LogP contribution in [0.15, 0.2) is 133 Å². The third-order valence-corrected chi connectivity index (χ3v) is 11.6. The highest BCUT2D eigenvalue weighted by molar-refractivity contribution is 5.99. The Morgan fingerprint density at radius 3 is 1.80 bits per heavy atom. The molecule has 1 N–H and O–H groups in total. The third kappa shape index (κ3) is 7.53. The SMILES string of the molecule is [2H]c1c([2H])c([2H])c(-c2cc(C(C)(C)C)ccc2-n2c(-c3cc(C(C)(C)C)cc(C(C)(C)C)c3O)nc3c(-c4cccc(-c5cc(C(C)(C)C)cc6cccnc56)c4)cccc32)c([2H])c1[2H]. The number of imidazole rings is 1. The summed E-state index contributed by atoms with van der Waals surface area (Å²) in [6, 6.07) is 31.3. The fourth-order valence-electron chi connectivity index (χ4n) is 8.05. The first kappa shape index (κ1) is 34.8. The van der Waals surface area contributed by atoms with Gasteiger partial charge < -0.3 is 5.11 Å². The summed E-state index contributed by atoms with van der Waals surface area (Å²) in [6.45, 7) is 25.7. The van der Waals surface area contributed by atoms with Crippen molar-refractivity contribution in [1.29, 1.82) is 0 Å². The Morgan fingerprint density at radius 2 is 1.13 bits per heavy atom. The monoisotopic (exact) mass is 794 g/mol. The summed E-state index contributed by atoms with van der Waals surface area (Å²) in [5.74, 6) is 0.572. The van der Waals surface area contributed by atoms with E-state index in [1.807, 2.05) is 53.2 Å². The fraction of sp³-hybridized carbons (Fsp3) is 0.286. The molecule has 60 heavy (non-hydrogen) atoms. The van der Waals surface area contributed by atoms with Crippen LogP contribution < -0.4 is 0 Å². The highest BCUT2D eigenvalue weighted by Crippen LogP contribution is 2.46. The minimum atomic E-state index is -0.453. The van der Waals surface area contributed by atoms with Crippen LogP contribution in [0.1, 0.15) is 112 Å². The van der Waals surface area contributed by atoms with Gasteiger partial charge in [0.25, 0.3) is 0 Å². The van der Waals surface area contributed by atoms with Crippen LogP contribution in [0.25, 0.3) is 72.4 Å². The number of para-hydroxylation sites is 1. The molecule has 0 aliphatic rings. The minimum Gasteiger partial charge on any atom is -0.507 e. The van der Waals surface area contributed by atoms with E-state index in [4.69, 9.17) is 14.1 Å². The number of aromatic hydroxyl groups is 1. The van der Waals surface area contributed by atoms with Crippen molar-refractivity contribution in [3.63, 3.8) is 0 Å². The van der Waals surface area contributed by atoms with Crippen molar-refractivity contribution < 1.29 is 12.0 Å². The largest absolute Gasteiger partial charge is 0.507 e. The highest BCUT2D eigenvalue weighted by Gasteiger charge is 2.30. The van der Waals surface area contributed by atoms with Crippen molar-refractivity contribution in [2.75, 3.05) is 0 Å². The number of hydrogen-bond donors (Lipinski definition) is 1. The normalized spacial score (nSPS) is 13.9. The molecule has 0 spiro atoms. The molecule has 0 bridgehead atoms. The van der Waals surface area contributed by atoms with Gasteiger partial charge in [0.2, 0.25) is 0 Å². The molecule has 2 aromatic heterocycles. The summed E-state index contributed by atoms with van der Waals surface area (Å²) < 4.78 is 46.4. The molecule has 0 aliphatic heterocycles. The number of phenolic OH excluding ortho intramolecular Hbond substituents is 1. The maximum absolute atomic E-state index is 12.5. The summed E-state index contributed by atoms with van der Waals surface area (Å²) >= 11 is 0. The highest BCUT2D eigenvalue weighted by atomic mass is 16.3. The first-order chi connectivity index (χ1) is 30.3. The lowest BCUT2D eigenvalue weighted by Gasteiger charge is -2.28. The van der Waals surface area contributed by atoms with Crippen molar-refractivity contribution in [2.24, 2.45) is 0 Å². The van der Waals surface area contributed by atoms with Crippen molar-refractivity contribution >= 4 is 21.9 Å². The van der Waals surface area contributed by atoms with Crippen LogP contribution >= 0.6 is 0 Å². The number of aromatic nitrogens is 3. The van der Waals surface area contributed by atoms with Gasteiger partial charge in [-0.05, 0) is 104 Å². The number of hydrogen-bond acceptors (Lipinski definition) is 3. The van der Waals surface area contributed by atoms with Gasteiger partial charge in [0, 0.05) is 33.8 Å². The van der Waals surface area contributed by atoms with E-state index >= 15 is 0 Å². The van der Waals surface area contributed by atoms with Crippen molar-refractivity contribution in [1.82, 2.24) is 14.5 Å². The summed E-state index contributed by atoms with van der Waals surface area (Å²) in [5.41, 5.74) is 10.6. The maximum atomic E-state index is 12.5. The zero-order chi connectivity index (χ0) is 47.3. The summed E-state index contributed by atoms with van der Waals surface area (Å²) in [5, 5.41) is 13.6. The van der Waals surface area contributed by atoms with Crippen LogP contribution in [0, 0.1) is 0 Å². The van der Waals surface area contributed by atoms with E-state index in [2.05, 4.69) is 138 Å². The van der Waals surface area contributed by atoms with Gasteiger partial charge in [-0.3, -0.25) is 9.55 Å². The van der Waals surface area contributed by atoms with Gasteiger partial charge in [-0.25, -0.2) is 4.98 Å². The number of pyridine rings is 1. The second-order valence-corrected chi connectivity index (χ2v) is 20.3. The first-order valence-corrected chi connectivity index (χ1v) is 20.9. The van der Waals surface area contributed by atoms with Crippen molar-refractivity contribution in [2.45, 2.75) is 105 Å². The van der Waals surface area contributed by atoms with Gasteiger partial charge >= 0.3 is 0 Å². The first-order valence-electron chi connectivity index (χ1n) is 23.4. The van der Waals surface area contributed by atoms with Crippen LogP contribution in [0.5, 0.6) is 5.75 Å². The second-order valence-electron chi connectivity index (χ2n) is 20.3. The number of fused-ring (bicyclic) bond motifs is 2. The van der Waals surface area contributed by atoms with Crippen molar-refractivity contribution in [3.05, 3.63) is 156 Å². The lowest BCUT2D eigenvalue weighted by Crippen LogP contribution is -2.17. The number of phenols is 1. The molecule has 8 aromatic rings. The molecule has 0 amide bonds. The van der Waals surface area contributed by atoms with Gasteiger partial charge in [0.15, 0.2) is 0 Å². The predicted octanol–water partition coefficient (Wildman–Crippen LogP) is 15.1. The second kappa shape index (κ2) is 14.6. The fourth-order valence-corrected chi connectivity index (χ4v) is 8.05. The molecule has 0 fully saturated rings. The molecule has 6 aromatic carbocycles. The average Bonchev–Trinajstić information content (AvgIpc) is 3.62. The minimum absolute atomic E-state index is 0.0902. The number of nitrogens with zero attached hydrogens (tertiary/aromatic N) is 3. The molecular formula is C56H59N3O. The lowest BCUT2D eigenvalue weighted by atomic mass is 9.79. The Labute approximate surface area is 364 Å². The van der Waals surface area contributed by atoms with Gasteiger partial charge in [-0.1, -0.05) is 162 Å². The van der Waals surface area contributed by atoms with E-state index in [9.17, 15) is 7.85 Å². The van der Waals surface area contributed by atoms with Crippen LogP contribution in [0.3, 0.4) is 0 Å². The molecule has 2 heterocycles. The quantitative estimate of drug-likeness (QED) is 0.189. The van der Waals surface area contributed by atoms with Gasteiger partial charge in [0.05, 0.1) is 34.7 Å². The van der Waals surface area contributed by atoms with Crippen LogP contribution in [-0.2, 0) is 21.7 Å². The number of rotatable bonds is 5. The van der Waals surface area contributed by atoms with E-state index < -0.39 is 23.5 Å². The van der Waals surface area contributed by atoms with E-state index in [0.29, 0.717) is 28.2 Å². The third-order valence-electron chi connectivity index (χ3n) is 11.6. The van der Waals surface area contributed by atoms with Crippen LogP contribution in [-0.4, -0.2) is 19.6 Å². The summed E-state index contributed by atoms with van der Waals surface area (Å²) in [7, 11) is 0. The topological polar surface area (TPSA) is 50.9 Å². The molecule has 304 valence electrons. The molecule has 4 heteroatoms. The van der Waals surface area contributed by atoms with Gasteiger partial charge in [-0.15, -0.1) is 0 Å². The average molecular weight is 795 g/mol. The maximum Gasteiger partial charge on any atom is 0.149 e. The molecule has 8 rings (SSSR count). The standard InChI is InChI=1S/C56H59N3O/c1-53(2,3)39-26-27-47(43(31-39)35-19-14-13-15-20-35)59-48-25-17-24-42(50(48)58-52(59)45-33-41(55(7,8)9)34-46(51(45)60)56(10,11)12)36-21-16-22-37(29-36)44-32-40(54(4,5)6)30-38-23-18-28-57-49(38)44/h13-34,60H,1-12H3/i13D,14D,15D,19D,20D. The molecule has 4 nitrogen and oxygen atoms in total. The summed E-state index contributed by atoms with van der Waals surface area (Å²) in [6.07, 6.45) is 1.84. The van der Waals surface area contributed by atoms with E-state index in [1.165, 1.54) is 5.56 Å². The van der Waals surface area contributed by atoms with Crippen molar-refractivity contribution in [3.8, 4) is 56.2 Å². The molecule has 0 unspecified atom stereocenters. The lowest BCUT2D eigenvalue weighted by molar-refractivity contribution is 0.446. The molecule has 0 saturated heterocycles.